The van der Waals surface area contributed by atoms with Gasteiger partial charge in [0.15, 0.2) is 0 Å². The van der Waals surface area contributed by atoms with Crippen LogP contribution in [0.4, 0.5) is 5.69 Å². The second-order valence-corrected chi connectivity index (χ2v) is 10.2. The Morgan fingerprint density at radius 3 is 2.34 bits per heavy atom. The number of hydrogen-bond donors (Lipinski definition) is 0. The molecule has 35 heavy (non-hydrogen) atoms. The zero-order valence-corrected chi connectivity index (χ0v) is 20.7. The Kier molecular flexibility index (Phi) is 6.17. The van der Waals surface area contributed by atoms with Crippen LogP contribution in [0.25, 0.3) is 17.3 Å². The number of anilines is 1. The van der Waals surface area contributed by atoms with Crippen LogP contribution in [0.5, 0.6) is 0 Å². The molecule has 1 aliphatic carbocycles. The Morgan fingerprint density at radius 1 is 0.943 bits per heavy atom. The lowest BCUT2D eigenvalue weighted by molar-refractivity contribution is 0.386. The summed E-state index contributed by atoms with van der Waals surface area (Å²) in [5, 5.41) is 17.3. The molecule has 3 aromatic rings. The topological polar surface area (TPSA) is 66.3 Å². The fraction of sp³-hybridized carbons (Fsp3) is 0.333. The molecule has 3 heterocycles. The van der Waals surface area contributed by atoms with E-state index in [0.717, 1.165) is 72.6 Å². The number of allylic oxidation sites excluding steroid dienone is 1. The molecule has 0 amide bonds. The molecule has 2 fully saturated rings. The van der Waals surface area contributed by atoms with Gasteiger partial charge in [0, 0.05) is 41.4 Å². The highest BCUT2D eigenvalue weighted by Gasteiger charge is 2.32. The average molecular weight is 506 g/mol. The second kappa shape index (κ2) is 9.59. The minimum Gasteiger partial charge on any atom is -0.371 e. The number of aromatic nitrogens is 1. The monoisotopic (exact) mass is 505 g/mol. The first-order chi connectivity index (χ1) is 17.2. The van der Waals surface area contributed by atoms with E-state index in [1.807, 2.05) is 18.2 Å². The summed E-state index contributed by atoms with van der Waals surface area (Å²) in [4.78, 5) is 2.45. The molecular weight excluding hydrogens is 481 g/mol. The summed E-state index contributed by atoms with van der Waals surface area (Å²) in [7, 11) is 0. The molecule has 0 unspecified atom stereocenters. The Labute approximate surface area is 214 Å². The van der Waals surface area contributed by atoms with Crippen molar-refractivity contribution in [3.05, 3.63) is 75.5 Å². The first-order valence-electron chi connectivity index (χ1n) is 12.1. The summed E-state index contributed by atoms with van der Waals surface area (Å²) < 4.78 is 5.80. The molecule has 2 aliphatic heterocycles. The molecule has 0 spiro atoms. The third kappa shape index (κ3) is 4.65. The van der Waals surface area contributed by atoms with Gasteiger partial charge in [-0.25, -0.2) is 0 Å². The minimum absolute atomic E-state index is 0.444. The zero-order valence-electron chi connectivity index (χ0n) is 19.2. The van der Waals surface area contributed by atoms with E-state index in [4.69, 9.17) is 27.7 Å². The molecule has 0 N–H and O–H groups in total. The number of rotatable bonds is 6. The number of halogens is 2. The van der Waals surface area contributed by atoms with E-state index in [-0.39, 0.29) is 0 Å². The number of nitrogens with zero attached hydrogens (tertiary/aromatic N) is 5. The maximum absolute atomic E-state index is 6.50. The molecule has 1 saturated carbocycles. The van der Waals surface area contributed by atoms with E-state index in [0.29, 0.717) is 28.4 Å². The van der Waals surface area contributed by atoms with Crippen LogP contribution in [0.3, 0.4) is 0 Å². The second-order valence-electron chi connectivity index (χ2n) is 9.35. The van der Waals surface area contributed by atoms with Gasteiger partial charge < -0.3 is 9.42 Å². The van der Waals surface area contributed by atoms with Gasteiger partial charge in [0.05, 0.1) is 15.8 Å². The largest absolute Gasteiger partial charge is 0.371 e. The quantitative estimate of drug-likeness (QED) is 0.345. The molecule has 6 rings (SSSR count). The van der Waals surface area contributed by atoms with Gasteiger partial charge in [0.1, 0.15) is 18.0 Å². The summed E-state index contributed by atoms with van der Waals surface area (Å²) in [5.74, 6) is 1.90. The van der Waals surface area contributed by atoms with Crippen molar-refractivity contribution >= 4 is 40.7 Å². The summed E-state index contributed by atoms with van der Waals surface area (Å²) >= 11 is 13.0. The Morgan fingerprint density at radius 2 is 1.69 bits per heavy atom. The van der Waals surface area contributed by atoms with Crippen LogP contribution < -0.4 is 4.90 Å². The summed E-state index contributed by atoms with van der Waals surface area (Å²) in [6, 6.07) is 14.1. The van der Waals surface area contributed by atoms with Gasteiger partial charge in [0.25, 0.3) is 0 Å². The van der Waals surface area contributed by atoms with E-state index < -0.39 is 0 Å². The van der Waals surface area contributed by atoms with Crippen LogP contribution >= 0.6 is 23.2 Å². The molecular formula is C27H25Cl2N5O. The average Bonchev–Trinajstić information content (AvgIpc) is 3.41. The lowest BCUT2D eigenvalue weighted by Crippen LogP contribution is -2.33. The molecule has 1 saturated heterocycles. The van der Waals surface area contributed by atoms with Crippen LogP contribution in [0.2, 0.25) is 10.0 Å². The number of hydrogen-bond acceptors (Lipinski definition) is 6. The van der Waals surface area contributed by atoms with E-state index >= 15 is 0 Å². The van der Waals surface area contributed by atoms with Gasteiger partial charge in [-0.15, -0.1) is 5.10 Å². The Hall–Kier alpha value is -2.96. The first kappa shape index (κ1) is 22.5. The van der Waals surface area contributed by atoms with Crippen LogP contribution in [0, 0.1) is 5.92 Å². The number of piperidine rings is 1. The van der Waals surface area contributed by atoms with Crippen molar-refractivity contribution in [2.75, 3.05) is 24.5 Å². The van der Waals surface area contributed by atoms with Crippen LogP contribution in [-0.2, 0) is 0 Å². The SMILES string of the molecule is Clc1cccc(Cl)c1-c1noc(C2CC2)c1/C=C/C1CCN(c2ccc(C3=NN=NC3)cc2)CC1. The van der Waals surface area contributed by atoms with Crippen molar-refractivity contribution in [2.24, 2.45) is 21.4 Å². The van der Waals surface area contributed by atoms with Crippen LogP contribution in [0.1, 0.15) is 48.5 Å². The summed E-state index contributed by atoms with van der Waals surface area (Å²) in [5.41, 5.74) is 5.77. The van der Waals surface area contributed by atoms with Gasteiger partial charge in [0.2, 0.25) is 0 Å². The first-order valence-corrected chi connectivity index (χ1v) is 12.8. The normalized spacial score (nSPS) is 18.6. The van der Waals surface area contributed by atoms with Gasteiger partial charge in [-0.2, -0.15) is 5.11 Å². The predicted molar refractivity (Wildman–Crippen MR) is 141 cm³/mol. The van der Waals surface area contributed by atoms with Gasteiger partial charge in [-0.05, 0) is 61.1 Å². The molecule has 178 valence electrons. The van der Waals surface area contributed by atoms with E-state index in [2.05, 4.69) is 61.9 Å². The summed E-state index contributed by atoms with van der Waals surface area (Å²) in [6.45, 7) is 2.60. The third-order valence-electron chi connectivity index (χ3n) is 6.99. The van der Waals surface area contributed by atoms with Gasteiger partial charge in [-0.1, -0.05) is 58.7 Å². The van der Waals surface area contributed by atoms with Crippen molar-refractivity contribution in [1.82, 2.24) is 5.16 Å². The molecule has 3 aliphatic rings. The fourth-order valence-corrected chi connectivity index (χ4v) is 5.40. The Bertz CT molecular complexity index is 1300. The fourth-order valence-electron chi connectivity index (χ4n) is 4.83. The van der Waals surface area contributed by atoms with E-state index in [9.17, 15) is 0 Å². The highest BCUT2D eigenvalue weighted by atomic mass is 35.5. The maximum atomic E-state index is 6.50. The molecule has 8 heteroatoms. The lowest BCUT2D eigenvalue weighted by Gasteiger charge is -2.32. The molecule has 0 bridgehead atoms. The zero-order chi connectivity index (χ0) is 23.8. The third-order valence-corrected chi connectivity index (χ3v) is 7.62. The standard InChI is InChI=1S/C27H25Cl2N5O/c28-22-2-1-3-23(29)25(22)26-21(27(35-32-26)19-5-6-19)11-4-17-12-14-34(15-13-17)20-9-7-18(8-10-20)24-16-30-33-31-24/h1-4,7-11,17,19H,5-6,12-16H2/b11-4+. The Balaban J connectivity index is 1.16. The van der Waals surface area contributed by atoms with E-state index in [1.54, 1.807) is 0 Å². The van der Waals surface area contributed by atoms with Crippen molar-refractivity contribution in [3.8, 4) is 11.3 Å². The maximum Gasteiger partial charge on any atom is 0.147 e. The smallest absolute Gasteiger partial charge is 0.147 e. The molecule has 0 atom stereocenters. The highest BCUT2D eigenvalue weighted by molar-refractivity contribution is 6.39. The number of benzene rings is 2. The van der Waals surface area contributed by atoms with E-state index in [1.165, 1.54) is 5.69 Å². The van der Waals surface area contributed by atoms with Crippen molar-refractivity contribution in [1.29, 1.82) is 0 Å². The van der Waals surface area contributed by atoms with Gasteiger partial charge in [-0.3, -0.25) is 0 Å². The van der Waals surface area contributed by atoms with Crippen molar-refractivity contribution < 1.29 is 4.52 Å². The van der Waals surface area contributed by atoms with Crippen molar-refractivity contribution in [3.63, 3.8) is 0 Å². The molecule has 0 radical (unpaired) electrons. The molecule has 1 aromatic heterocycles. The lowest BCUT2D eigenvalue weighted by atomic mass is 9.94. The molecule has 2 aromatic carbocycles. The minimum atomic E-state index is 0.444. The van der Waals surface area contributed by atoms with Crippen LogP contribution in [-0.4, -0.2) is 30.5 Å². The summed E-state index contributed by atoms with van der Waals surface area (Å²) in [6.07, 6.45) is 8.97. The van der Waals surface area contributed by atoms with Crippen molar-refractivity contribution in [2.45, 2.75) is 31.6 Å². The predicted octanol–water partition coefficient (Wildman–Crippen LogP) is 7.63. The highest BCUT2D eigenvalue weighted by Crippen LogP contribution is 2.46. The molecule has 6 nitrogen and oxygen atoms in total. The van der Waals surface area contributed by atoms with Gasteiger partial charge >= 0.3 is 0 Å². The van der Waals surface area contributed by atoms with Crippen LogP contribution in [0.15, 0.2) is 68.5 Å².